The largest absolute Gasteiger partial charge is 0.466 e. The first-order chi connectivity index (χ1) is 10.2. The number of rotatable bonds is 14. The molecular formula is C17H33NO3. The third-order valence-electron chi connectivity index (χ3n) is 3.42. The van der Waals surface area contributed by atoms with E-state index < -0.39 is 0 Å². The van der Waals surface area contributed by atoms with E-state index in [1.807, 2.05) is 0 Å². The highest BCUT2D eigenvalue weighted by molar-refractivity contribution is 5.76. The predicted octanol–water partition coefficient (Wildman–Crippen LogP) is 3.98. The third kappa shape index (κ3) is 15.2. The van der Waals surface area contributed by atoms with Crippen LogP contribution in [0.1, 0.15) is 84.5 Å². The molecule has 4 heteroatoms. The zero-order valence-electron chi connectivity index (χ0n) is 13.9. The molecule has 0 saturated carbocycles. The Morgan fingerprint density at radius 1 is 0.810 bits per heavy atom. The van der Waals surface area contributed by atoms with Gasteiger partial charge in [0.25, 0.3) is 0 Å². The topological polar surface area (TPSA) is 55.4 Å². The molecule has 1 amide bonds. The number of nitrogens with one attached hydrogen (secondary N) is 1. The summed E-state index contributed by atoms with van der Waals surface area (Å²) in [7, 11) is 0. The second-order valence-corrected chi connectivity index (χ2v) is 5.55. The summed E-state index contributed by atoms with van der Waals surface area (Å²) >= 11 is 0. The van der Waals surface area contributed by atoms with Crippen LogP contribution in [0.25, 0.3) is 0 Å². The number of ether oxygens (including phenoxy) is 1. The highest BCUT2D eigenvalue weighted by Gasteiger charge is 2.05. The van der Waals surface area contributed by atoms with Crippen LogP contribution >= 0.6 is 0 Å². The molecule has 0 spiro atoms. The molecule has 0 aliphatic carbocycles. The van der Waals surface area contributed by atoms with E-state index in [-0.39, 0.29) is 18.3 Å². The van der Waals surface area contributed by atoms with Crippen LogP contribution in [0.3, 0.4) is 0 Å². The Labute approximate surface area is 130 Å². The average Bonchev–Trinajstić information content (AvgIpc) is 2.46. The number of amides is 1. The molecule has 124 valence electrons. The summed E-state index contributed by atoms with van der Waals surface area (Å²) in [6.07, 6.45) is 11.0. The van der Waals surface area contributed by atoms with Gasteiger partial charge in [0, 0.05) is 13.0 Å². The van der Waals surface area contributed by atoms with E-state index in [9.17, 15) is 9.59 Å². The number of carbonyl (C=O) groups excluding carboxylic acids is 2. The van der Waals surface area contributed by atoms with Crippen LogP contribution in [0.15, 0.2) is 0 Å². The Bertz CT molecular complexity index is 267. The van der Waals surface area contributed by atoms with Gasteiger partial charge in [0.15, 0.2) is 0 Å². The van der Waals surface area contributed by atoms with Gasteiger partial charge in [-0.05, 0) is 12.8 Å². The highest BCUT2D eigenvalue weighted by atomic mass is 16.5. The van der Waals surface area contributed by atoms with Crippen molar-refractivity contribution in [1.29, 1.82) is 0 Å². The minimum Gasteiger partial charge on any atom is -0.466 e. The van der Waals surface area contributed by atoms with Gasteiger partial charge < -0.3 is 10.1 Å². The van der Waals surface area contributed by atoms with Gasteiger partial charge in [-0.3, -0.25) is 9.59 Å². The average molecular weight is 299 g/mol. The van der Waals surface area contributed by atoms with E-state index in [2.05, 4.69) is 19.2 Å². The number of hydrogen-bond donors (Lipinski definition) is 1. The van der Waals surface area contributed by atoms with Crippen molar-refractivity contribution < 1.29 is 14.3 Å². The normalized spacial score (nSPS) is 10.4. The van der Waals surface area contributed by atoms with Crippen LogP contribution in [0.5, 0.6) is 0 Å². The van der Waals surface area contributed by atoms with Crippen molar-refractivity contribution in [2.45, 2.75) is 84.5 Å². The zero-order valence-corrected chi connectivity index (χ0v) is 13.9. The SMILES string of the molecule is CCCCCCCCOC(=O)CCNC(=O)CCCCC. The Morgan fingerprint density at radius 2 is 1.43 bits per heavy atom. The fraction of sp³-hybridized carbons (Fsp3) is 0.882. The predicted molar refractivity (Wildman–Crippen MR) is 86.1 cm³/mol. The molecule has 0 bridgehead atoms. The molecule has 0 aromatic heterocycles. The lowest BCUT2D eigenvalue weighted by Gasteiger charge is -2.06. The lowest BCUT2D eigenvalue weighted by molar-refractivity contribution is -0.143. The molecule has 0 saturated heterocycles. The second kappa shape index (κ2) is 15.3. The number of esters is 1. The molecule has 0 unspecified atom stereocenters. The summed E-state index contributed by atoms with van der Waals surface area (Å²) in [6.45, 7) is 5.21. The molecule has 21 heavy (non-hydrogen) atoms. The van der Waals surface area contributed by atoms with E-state index >= 15 is 0 Å². The van der Waals surface area contributed by atoms with Gasteiger partial charge >= 0.3 is 5.97 Å². The first kappa shape index (κ1) is 19.9. The maximum atomic E-state index is 11.4. The number of hydrogen-bond acceptors (Lipinski definition) is 3. The van der Waals surface area contributed by atoms with Crippen LogP contribution in [0.2, 0.25) is 0 Å². The van der Waals surface area contributed by atoms with Gasteiger partial charge in [-0.2, -0.15) is 0 Å². The molecule has 0 rings (SSSR count). The summed E-state index contributed by atoms with van der Waals surface area (Å²) in [6, 6.07) is 0. The number of carbonyl (C=O) groups is 2. The van der Waals surface area contributed by atoms with Gasteiger partial charge in [0.05, 0.1) is 13.0 Å². The van der Waals surface area contributed by atoms with Gasteiger partial charge in [-0.1, -0.05) is 58.8 Å². The van der Waals surface area contributed by atoms with E-state index in [0.717, 1.165) is 32.1 Å². The fourth-order valence-corrected chi connectivity index (χ4v) is 2.07. The molecule has 0 aromatic rings. The van der Waals surface area contributed by atoms with Crippen molar-refractivity contribution in [2.24, 2.45) is 0 Å². The monoisotopic (exact) mass is 299 g/mol. The molecule has 0 atom stereocenters. The van der Waals surface area contributed by atoms with E-state index in [0.29, 0.717) is 19.6 Å². The first-order valence-corrected chi connectivity index (χ1v) is 8.63. The van der Waals surface area contributed by atoms with Gasteiger partial charge in [-0.25, -0.2) is 0 Å². The van der Waals surface area contributed by atoms with Crippen molar-refractivity contribution in [3.8, 4) is 0 Å². The minimum absolute atomic E-state index is 0.0344. The quantitative estimate of drug-likeness (QED) is 0.390. The lowest BCUT2D eigenvalue weighted by Crippen LogP contribution is -2.26. The molecule has 0 aromatic carbocycles. The van der Waals surface area contributed by atoms with Gasteiger partial charge in [-0.15, -0.1) is 0 Å². The standard InChI is InChI=1S/C17H33NO3/c1-3-5-7-8-9-11-15-21-17(20)13-14-18-16(19)12-10-6-4-2/h3-15H2,1-2H3,(H,18,19). The van der Waals surface area contributed by atoms with Gasteiger partial charge in [0.1, 0.15) is 0 Å². The van der Waals surface area contributed by atoms with Crippen molar-refractivity contribution in [3.63, 3.8) is 0 Å². The van der Waals surface area contributed by atoms with Crippen LogP contribution in [0.4, 0.5) is 0 Å². The van der Waals surface area contributed by atoms with Crippen LogP contribution < -0.4 is 5.32 Å². The molecule has 0 radical (unpaired) electrons. The third-order valence-corrected chi connectivity index (χ3v) is 3.42. The molecular weight excluding hydrogens is 266 g/mol. The summed E-state index contributed by atoms with van der Waals surface area (Å²) in [5, 5.41) is 2.76. The number of unbranched alkanes of at least 4 members (excludes halogenated alkanes) is 7. The Hall–Kier alpha value is -1.06. The summed E-state index contributed by atoms with van der Waals surface area (Å²) < 4.78 is 5.14. The molecule has 0 aliphatic rings. The zero-order chi connectivity index (χ0) is 15.8. The summed E-state index contributed by atoms with van der Waals surface area (Å²) in [4.78, 5) is 22.9. The molecule has 0 fully saturated rings. The summed E-state index contributed by atoms with van der Waals surface area (Å²) in [5.74, 6) is -0.176. The van der Waals surface area contributed by atoms with Crippen LogP contribution in [-0.4, -0.2) is 25.0 Å². The van der Waals surface area contributed by atoms with Crippen molar-refractivity contribution in [3.05, 3.63) is 0 Å². The second-order valence-electron chi connectivity index (χ2n) is 5.55. The minimum atomic E-state index is -0.211. The van der Waals surface area contributed by atoms with E-state index in [4.69, 9.17) is 4.74 Å². The highest BCUT2D eigenvalue weighted by Crippen LogP contribution is 2.05. The van der Waals surface area contributed by atoms with Crippen molar-refractivity contribution >= 4 is 11.9 Å². The molecule has 0 aliphatic heterocycles. The Kier molecular flexibility index (Phi) is 14.6. The van der Waals surface area contributed by atoms with Crippen LogP contribution in [0, 0.1) is 0 Å². The first-order valence-electron chi connectivity index (χ1n) is 8.63. The molecule has 0 heterocycles. The Balaban J connectivity index is 3.32. The Morgan fingerprint density at radius 3 is 2.14 bits per heavy atom. The molecule has 4 nitrogen and oxygen atoms in total. The van der Waals surface area contributed by atoms with Crippen LogP contribution in [-0.2, 0) is 14.3 Å². The van der Waals surface area contributed by atoms with Crippen molar-refractivity contribution in [2.75, 3.05) is 13.2 Å². The van der Waals surface area contributed by atoms with E-state index in [1.54, 1.807) is 0 Å². The fourth-order valence-electron chi connectivity index (χ4n) is 2.07. The van der Waals surface area contributed by atoms with Gasteiger partial charge in [0.2, 0.25) is 5.91 Å². The smallest absolute Gasteiger partial charge is 0.307 e. The summed E-state index contributed by atoms with van der Waals surface area (Å²) in [5.41, 5.74) is 0. The maximum absolute atomic E-state index is 11.4. The van der Waals surface area contributed by atoms with Crippen molar-refractivity contribution in [1.82, 2.24) is 5.32 Å². The maximum Gasteiger partial charge on any atom is 0.307 e. The lowest BCUT2D eigenvalue weighted by atomic mass is 10.1. The molecule has 1 N–H and O–H groups in total. The van der Waals surface area contributed by atoms with E-state index in [1.165, 1.54) is 25.7 Å².